The summed E-state index contributed by atoms with van der Waals surface area (Å²) < 4.78 is 1.25. The van der Waals surface area contributed by atoms with Gasteiger partial charge in [0.25, 0.3) is 5.91 Å². The molecule has 3 aromatic rings. The van der Waals surface area contributed by atoms with Gasteiger partial charge in [0.1, 0.15) is 5.01 Å². The van der Waals surface area contributed by atoms with Gasteiger partial charge in [-0.05, 0) is 54.7 Å². The molecule has 1 aromatic heterocycles. The number of fused-ring (bicyclic) bond motifs is 2. The molecule has 27 heavy (non-hydrogen) atoms. The third kappa shape index (κ3) is 3.37. The van der Waals surface area contributed by atoms with Gasteiger partial charge >= 0.3 is 0 Å². The second-order valence-electron chi connectivity index (χ2n) is 7.48. The molecule has 2 heterocycles. The van der Waals surface area contributed by atoms with Crippen LogP contribution in [0.5, 0.6) is 0 Å². The zero-order chi connectivity index (χ0) is 18.2. The number of carbonyl (C=O) groups excluding carboxylic acids is 1. The molecule has 1 aliphatic heterocycles. The molecule has 0 radical (unpaired) electrons. The number of piperazine rings is 1. The van der Waals surface area contributed by atoms with Crippen molar-refractivity contribution in [3.63, 3.8) is 0 Å². The van der Waals surface area contributed by atoms with E-state index < -0.39 is 0 Å². The van der Waals surface area contributed by atoms with E-state index >= 15 is 0 Å². The van der Waals surface area contributed by atoms with Gasteiger partial charge in [0, 0.05) is 31.7 Å². The number of aromatic nitrogens is 1. The van der Waals surface area contributed by atoms with Crippen LogP contribution in [0.2, 0.25) is 0 Å². The lowest BCUT2D eigenvalue weighted by Crippen LogP contribution is -2.48. The summed E-state index contributed by atoms with van der Waals surface area (Å²) in [6, 6.07) is 14.6. The van der Waals surface area contributed by atoms with Crippen molar-refractivity contribution in [1.82, 2.24) is 14.8 Å². The Hall–Kier alpha value is -2.24. The van der Waals surface area contributed by atoms with Gasteiger partial charge in [-0.2, -0.15) is 0 Å². The fraction of sp³-hybridized carbons (Fsp3) is 0.364. The monoisotopic (exact) mass is 377 g/mol. The van der Waals surface area contributed by atoms with Gasteiger partial charge in [-0.1, -0.05) is 18.2 Å². The van der Waals surface area contributed by atoms with Crippen LogP contribution in [0.3, 0.4) is 0 Å². The van der Waals surface area contributed by atoms with E-state index in [0.29, 0.717) is 0 Å². The minimum absolute atomic E-state index is 0.185. The van der Waals surface area contributed by atoms with Crippen LogP contribution >= 0.6 is 11.3 Å². The molecule has 0 unspecified atom stereocenters. The summed E-state index contributed by atoms with van der Waals surface area (Å²) in [5.74, 6) is 0.185. The van der Waals surface area contributed by atoms with E-state index in [-0.39, 0.29) is 5.91 Å². The largest absolute Gasteiger partial charge is 0.336 e. The normalized spacial score (nSPS) is 17.4. The smallest absolute Gasteiger partial charge is 0.253 e. The highest BCUT2D eigenvalue weighted by Gasteiger charge is 2.24. The summed E-state index contributed by atoms with van der Waals surface area (Å²) in [5, 5.41) is 1.16. The fourth-order valence-electron chi connectivity index (χ4n) is 4.18. The summed E-state index contributed by atoms with van der Waals surface area (Å²) in [5.41, 5.74) is 4.74. The zero-order valence-electron chi connectivity index (χ0n) is 15.4. The summed E-state index contributed by atoms with van der Waals surface area (Å²) in [6.07, 6.45) is 3.50. The number of hydrogen-bond acceptors (Lipinski definition) is 4. The van der Waals surface area contributed by atoms with E-state index in [1.54, 1.807) is 11.3 Å². The number of nitrogens with zero attached hydrogens (tertiary/aromatic N) is 3. The molecule has 5 rings (SSSR count). The first kappa shape index (κ1) is 16.9. The highest BCUT2D eigenvalue weighted by Crippen LogP contribution is 2.25. The molecule has 1 saturated heterocycles. The van der Waals surface area contributed by atoms with Crippen LogP contribution in [0.4, 0.5) is 0 Å². The highest BCUT2D eigenvalue weighted by atomic mass is 32.1. The van der Waals surface area contributed by atoms with Gasteiger partial charge in [-0.3, -0.25) is 9.69 Å². The molecule has 0 atom stereocenters. The Kier molecular flexibility index (Phi) is 4.42. The lowest BCUT2D eigenvalue weighted by molar-refractivity contribution is 0.0628. The van der Waals surface area contributed by atoms with E-state index in [1.807, 2.05) is 17.0 Å². The quantitative estimate of drug-likeness (QED) is 0.698. The number of benzene rings is 2. The Labute approximate surface area is 163 Å². The maximum Gasteiger partial charge on any atom is 0.253 e. The van der Waals surface area contributed by atoms with Crippen LogP contribution in [0.15, 0.2) is 42.5 Å². The lowest BCUT2D eigenvalue weighted by atomic mass is 10.1. The molecular weight excluding hydrogens is 354 g/mol. The summed E-state index contributed by atoms with van der Waals surface area (Å²) in [7, 11) is 0. The van der Waals surface area contributed by atoms with Crippen molar-refractivity contribution in [3.05, 3.63) is 64.2 Å². The second kappa shape index (κ2) is 7.06. The van der Waals surface area contributed by atoms with Crippen LogP contribution in [-0.4, -0.2) is 46.9 Å². The SMILES string of the molecule is O=C(c1ccc2c(c1)CCC2)N1CCN(Cc2nc3ccccc3s2)CC1. The molecule has 0 bridgehead atoms. The van der Waals surface area contributed by atoms with Crippen LogP contribution in [0.25, 0.3) is 10.2 Å². The van der Waals surface area contributed by atoms with Gasteiger partial charge in [-0.25, -0.2) is 4.98 Å². The van der Waals surface area contributed by atoms with E-state index in [1.165, 1.54) is 22.2 Å². The van der Waals surface area contributed by atoms with Gasteiger partial charge in [-0.15, -0.1) is 11.3 Å². The van der Waals surface area contributed by atoms with Crippen molar-refractivity contribution in [2.75, 3.05) is 26.2 Å². The molecule has 138 valence electrons. The summed E-state index contributed by atoms with van der Waals surface area (Å²) in [6.45, 7) is 4.28. The van der Waals surface area contributed by atoms with Gasteiger partial charge < -0.3 is 4.90 Å². The fourth-order valence-corrected chi connectivity index (χ4v) is 5.19. The Morgan fingerprint density at radius 1 is 1.00 bits per heavy atom. The van der Waals surface area contributed by atoms with Crippen molar-refractivity contribution in [2.45, 2.75) is 25.8 Å². The Morgan fingerprint density at radius 3 is 2.67 bits per heavy atom. The van der Waals surface area contributed by atoms with Crippen molar-refractivity contribution < 1.29 is 4.79 Å². The minimum atomic E-state index is 0.185. The first-order valence-electron chi connectivity index (χ1n) is 9.74. The van der Waals surface area contributed by atoms with Crippen molar-refractivity contribution in [3.8, 4) is 0 Å². The number of hydrogen-bond donors (Lipinski definition) is 0. The number of amides is 1. The minimum Gasteiger partial charge on any atom is -0.336 e. The third-order valence-electron chi connectivity index (χ3n) is 5.70. The van der Waals surface area contributed by atoms with Crippen molar-refractivity contribution in [2.24, 2.45) is 0 Å². The van der Waals surface area contributed by atoms with Crippen LogP contribution in [0, 0.1) is 0 Å². The van der Waals surface area contributed by atoms with Crippen LogP contribution in [-0.2, 0) is 19.4 Å². The molecule has 4 nitrogen and oxygen atoms in total. The van der Waals surface area contributed by atoms with E-state index in [2.05, 4.69) is 35.2 Å². The molecule has 0 saturated carbocycles. The molecule has 1 fully saturated rings. The average Bonchev–Trinajstić information content (AvgIpc) is 3.33. The first-order valence-corrected chi connectivity index (χ1v) is 10.6. The van der Waals surface area contributed by atoms with Crippen LogP contribution in [0.1, 0.15) is 32.9 Å². The Bertz CT molecular complexity index is 955. The zero-order valence-corrected chi connectivity index (χ0v) is 16.2. The topological polar surface area (TPSA) is 36.4 Å². The Balaban J connectivity index is 1.21. The number of carbonyl (C=O) groups is 1. The van der Waals surface area contributed by atoms with Gasteiger partial charge in [0.15, 0.2) is 0 Å². The van der Waals surface area contributed by atoms with Gasteiger partial charge in [0.05, 0.1) is 16.8 Å². The number of aryl methyl sites for hydroxylation is 2. The molecule has 2 aliphatic rings. The maximum atomic E-state index is 12.9. The van der Waals surface area contributed by atoms with E-state index in [4.69, 9.17) is 4.98 Å². The standard InChI is InChI=1S/C22H23N3OS/c26-22(18-9-8-16-4-3-5-17(16)14-18)25-12-10-24(11-13-25)15-21-23-19-6-1-2-7-20(19)27-21/h1-2,6-9,14H,3-5,10-13,15H2. The molecule has 2 aromatic carbocycles. The number of para-hydroxylation sites is 1. The first-order chi connectivity index (χ1) is 13.3. The molecule has 1 aliphatic carbocycles. The number of thiazole rings is 1. The van der Waals surface area contributed by atoms with Crippen molar-refractivity contribution >= 4 is 27.5 Å². The van der Waals surface area contributed by atoms with Gasteiger partial charge in [0.2, 0.25) is 0 Å². The number of rotatable bonds is 3. The molecule has 5 heteroatoms. The Morgan fingerprint density at radius 2 is 1.81 bits per heavy atom. The summed E-state index contributed by atoms with van der Waals surface area (Å²) >= 11 is 1.77. The van der Waals surface area contributed by atoms with E-state index in [9.17, 15) is 4.79 Å². The lowest BCUT2D eigenvalue weighted by Gasteiger charge is -2.34. The average molecular weight is 378 g/mol. The highest BCUT2D eigenvalue weighted by molar-refractivity contribution is 7.18. The molecule has 0 N–H and O–H groups in total. The maximum absolute atomic E-state index is 12.9. The van der Waals surface area contributed by atoms with E-state index in [0.717, 1.165) is 61.7 Å². The molecular formula is C22H23N3OS. The predicted octanol–water partition coefficient (Wildman–Crippen LogP) is 3.74. The molecule has 1 amide bonds. The summed E-state index contributed by atoms with van der Waals surface area (Å²) in [4.78, 5) is 22.0. The second-order valence-corrected chi connectivity index (χ2v) is 8.60. The van der Waals surface area contributed by atoms with Crippen LogP contribution < -0.4 is 0 Å². The predicted molar refractivity (Wildman–Crippen MR) is 109 cm³/mol. The van der Waals surface area contributed by atoms with Crippen molar-refractivity contribution in [1.29, 1.82) is 0 Å². The third-order valence-corrected chi connectivity index (χ3v) is 6.72. The molecule has 0 spiro atoms.